The van der Waals surface area contributed by atoms with Crippen molar-refractivity contribution < 1.29 is 4.42 Å². The summed E-state index contributed by atoms with van der Waals surface area (Å²) in [5.74, 6) is 0. The van der Waals surface area contributed by atoms with Crippen molar-refractivity contribution in [3.8, 4) is 22.4 Å². The van der Waals surface area contributed by atoms with Gasteiger partial charge in [-0.25, -0.2) is 4.98 Å². The molecule has 0 N–H and O–H groups in total. The molecule has 0 bridgehead atoms. The highest BCUT2D eigenvalue weighted by atomic mass is 16.3. The van der Waals surface area contributed by atoms with Crippen molar-refractivity contribution in [2.75, 3.05) is 0 Å². The van der Waals surface area contributed by atoms with Crippen molar-refractivity contribution in [2.45, 2.75) is 13.8 Å². The van der Waals surface area contributed by atoms with E-state index in [1.807, 2.05) is 6.07 Å². The van der Waals surface area contributed by atoms with E-state index in [0.717, 1.165) is 27.6 Å². The monoisotopic (exact) mass is 349 g/mol. The molecule has 3 aromatic carbocycles. The van der Waals surface area contributed by atoms with Gasteiger partial charge in [0.1, 0.15) is 5.58 Å². The number of hydrogen-bond acceptors (Lipinski definition) is 2. The van der Waals surface area contributed by atoms with E-state index in [2.05, 4.69) is 86.6 Å². The van der Waals surface area contributed by atoms with Gasteiger partial charge in [0.2, 0.25) is 5.71 Å². The first-order chi connectivity index (χ1) is 13.2. The van der Waals surface area contributed by atoms with Crippen LogP contribution in [0.4, 0.5) is 0 Å². The molecule has 27 heavy (non-hydrogen) atoms. The Hall–Kier alpha value is -3.39. The molecule has 0 fully saturated rings. The van der Waals surface area contributed by atoms with Gasteiger partial charge in [0.15, 0.2) is 0 Å². The fourth-order valence-electron chi connectivity index (χ4n) is 3.58. The molecule has 0 unspecified atom stereocenters. The molecule has 2 aromatic heterocycles. The molecule has 0 saturated carbocycles. The molecular weight excluding hydrogens is 330 g/mol. The third-order valence-electron chi connectivity index (χ3n) is 5.31. The third kappa shape index (κ3) is 2.61. The van der Waals surface area contributed by atoms with Gasteiger partial charge in [-0.3, -0.25) is 0 Å². The predicted molar refractivity (Wildman–Crippen MR) is 112 cm³/mol. The summed E-state index contributed by atoms with van der Waals surface area (Å²) in [6.07, 6.45) is 0. The molecule has 0 radical (unpaired) electrons. The Balaban J connectivity index is 1.59. The Kier molecular flexibility index (Phi) is 3.58. The van der Waals surface area contributed by atoms with Crippen LogP contribution in [0, 0.1) is 13.8 Å². The molecule has 0 aliphatic rings. The molecular formula is C25H19NO. The summed E-state index contributed by atoms with van der Waals surface area (Å²) in [5.41, 5.74) is 8.49. The molecule has 5 rings (SSSR count). The Morgan fingerprint density at radius 3 is 2.07 bits per heavy atom. The SMILES string of the molecule is Cc1ccc2c(oc3nc(-c4ccc(-c5ccccc5)cc4)ccc32)c1C. The van der Waals surface area contributed by atoms with E-state index in [1.165, 1.54) is 22.3 Å². The number of pyridine rings is 1. The van der Waals surface area contributed by atoms with Crippen molar-refractivity contribution in [1.82, 2.24) is 4.98 Å². The summed E-state index contributed by atoms with van der Waals surface area (Å²) in [5, 5.41) is 2.20. The molecule has 5 aromatic rings. The molecule has 130 valence electrons. The van der Waals surface area contributed by atoms with E-state index >= 15 is 0 Å². The van der Waals surface area contributed by atoms with Crippen LogP contribution < -0.4 is 0 Å². The van der Waals surface area contributed by atoms with Gasteiger partial charge >= 0.3 is 0 Å². The van der Waals surface area contributed by atoms with Crippen molar-refractivity contribution >= 4 is 22.1 Å². The molecule has 0 aliphatic carbocycles. The lowest BCUT2D eigenvalue weighted by Gasteiger charge is -2.04. The number of nitrogens with zero attached hydrogens (tertiary/aromatic N) is 1. The summed E-state index contributed by atoms with van der Waals surface area (Å²) < 4.78 is 6.11. The zero-order valence-electron chi connectivity index (χ0n) is 15.4. The Bertz CT molecular complexity index is 1260. The predicted octanol–water partition coefficient (Wildman–Crippen LogP) is 6.93. The second-order valence-electron chi connectivity index (χ2n) is 6.98. The first-order valence-corrected chi connectivity index (χ1v) is 9.16. The fourth-order valence-corrected chi connectivity index (χ4v) is 3.58. The summed E-state index contributed by atoms with van der Waals surface area (Å²) in [6, 6.07) is 27.4. The lowest BCUT2D eigenvalue weighted by Crippen LogP contribution is -1.84. The Morgan fingerprint density at radius 1 is 0.630 bits per heavy atom. The van der Waals surface area contributed by atoms with Crippen LogP contribution in [-0.4, -0.2) is 4.98 Å². The average Bonchev–Trinajstić information content (AvgIpc) is 3.10. The smallest absolute Gasteiger partial charge is 0.227 e. The van der Waals surface area contributed by atoms with Gasteiger partial charge in [-0.1, -0.05) is 66.7 Å². The van der Waals surface area contributed by atoms with Crippen LogP contribution in [0.1, 0.15) is 11.1 Å². The van der Waals surface area contributed by atoms with Gasteiger partial charge in [0, 0.05) is 16.3 Å². The third-order valence-corrected chi connectivity index (χ3v) is 5.31. The normalized spacial score (nSPS) is 11.3. The number of aryl methyl sites for hydroxylation is 2. The maximum absolute atomic E-state index is 6.11. The lowest BCUT2D eigenvalue weighted by atomic mass is 10.0. The summed E-state index contributed by atoms with van der Waals surface area (Å²) >= 11 is 0. The highest BCUT2D eigenvalue weighted by Gasteiger charge is 2.12. The van der Waals surface area contributed by atoms with Gasteiger partial charge in [-0.2, -0.15) is 0 Å². The van der Waals surface area contributed by atoms with Crippen LogP contribution in [0.15, 0.2) is 83.3 Å². The van der Waals surface area contributed by atoms with Gasteiger partial charge in [-0.15, -0.1) is 0 Å². The number of hydrogen-bond donors (Lipinski definition) is 0. The molecule has 0 spiro atoms. The summed E-state index contributed by atoms with van der Waals surface area (Å²) in [4.78, 5) is 4.79. The molecule has 0 saturated heterocycles. The summed E-state index contributed by atoms with van der Waals surface area (Å²) in [6.45, 7) is 4.21. The van der Waals surface area contributed by atoms with Crippen LogP contribution in [0.2, 0.25) is 0 Å². The van der Waals surface area contributed by atoms with E-state index < -0.39 is 0 Å². The van der Waals surface area contributed by atoms with Crippen LogP contribution in [0.25, 0.3) is 44.5 Å². The van der Waals surface area contributed by atoms with Gasteiger partial charge in [0.05, 0.1) is 5.69 Å². The lowest BCUT2D eigenvalue weighted by molar-refractivity contribution is 0.651. The maximum atomic E-state index is 6.11. The maximum Gasteiger partial charge on any atom is 0.227 e. The van der Waals surface area contributed by atoms with Gasteiger partial charge < -0.3 is 4.42 Å². The fraction of sp³-hybridized carbons (Fsp3) is 0.0800. The Labute approximate surface area is 158 Å². The van der Waals surface area contributed by atoms with Crippen LogP contribution in [0.5, 0.6) is 0 Å². The Morgan fingerprint density at radius 2 is 1.30 bits per heavy atom. The minimum atomic E-state index is 0.698. The van der Waals surface area contributed by atoms with Crippen molar-refractivity contribution in [3.63, 3.8) is 0 Å². The standard InChI is InChI=1S/C25H19NO/c1-16-8-13-21-22-14-15-23(26-25(22)27-24(21)17(16)2)20-11-9-19(10-12-20)18-6-4-3-5-7-18/h3-15H,1-2H3. The van der Waals surface area contributed by atoms with E-state index in [-0.39, 0.29) is 0 Å². The first-order valence-electron chi connectivity index (χ1n) is 9.16. The van der Waals surface area contributed by atoms with E-state index in [4.69, 9.17) is 9.40 Å². The molecule has 2 heteroatoms. The van der Waals surface area contributed by atoms with E-state index in [0.29, 0.717) is 5.71 Å². The molecule has 0 aliphatic heterocycles. The number of rotatable bonds is 2. The quantitative estimate of drug-likeness (QED) is 0.345. The zero-order valence-corrected chi connectivity index (χ0v) is 15.4. The molecule has 0 amide bonds. The highest BCUT2D eigenvalue weighted by Crippen LogP contribution is 2.33. The minimum absolute atomic E-state index is 0.698. The van der Waals surface area contributed by atoms with Gasteiger partial charge in [-0.05, 0) is 48.2 Å². The largest absolute Gasteiger partial charge is 0.437 e. The second kappa shape index (κ2) is 6.10. The molecule has 2 heterocycles. The van der Waals surface area contributed by atoms with E-state index in [9.17, 15) is 0 Å². The van der Waals surface area contributed by atoms with Crippen molar-refractivity contribution in [3.05, 3.63) is 90.0 Å². The average molecular weight is 349 g/mol. The van der Waals surface area contributed by atoms with Crippen molar-refractivity contribution in [1.29, 1.82) is 0 Å². The van der Waals surface area contributed by atoms with Gasteiger partial charge in [0.25, 0.3) is 0 Å². The summed E-state index contributed by atoms with van der Waals surface area (Å²) in [7, 11) is 0. The number of furan rings is 1. The van der Waals surface area contributed by atoms with E-state index in [1.54, 1.807) is 0 Å². The number of aromatic nitrogens is 1. The zero-order chi connectivity index (χ0) is 18.4. The second-order valence-corrected chi connectivity index (χ2v) is 6.98. The molecule has 2 nitrogen and oxygen atoms in total. The molecule has 0 atom stereocenters. The topological polar surface area (TPSA) is 26.0 Å². The first kappa shape index (κ1) is 15.8. The highest BCUT2D eigenvalue weighted by molar-refractivity contribution is 6.05. The minimum Gasteiger partial charge on any atom is -0.437 e. The van der Waals surface area contributed by atoms with Crippen LogP contribution in [-0.2, 0) is 0 Å². The van der Waals surface area contributed by atoms with Crippen LogP contribution in [0.3, 0.4) is 0 Å². The number of fused-ring (bicyclic) bond motifs is 3. The van der Waals surface area contributed by atoms with Crippen molar-refractivity contribution in [2.24, 2.45) is 0 Å². The number of benzene rings is 3. The van der Waals surface area contributed by atoms with Crippen LogP contribution >= 0.6 is 0 Å².